The molecular weight excluding hydrogens is 228 g/mol. The minimum absolute atomic E-state index is 1.05. The van der Waals surface area contributed by atoms with E-state index in [1.807, 2.05) is 12.3 Å². The summed E-state index contributed by atoms with van der Waals surface area (Å²) in [6.45, 7) is 2.07. The van der Waals surface area contributed by atoms with E-state index in [1.54, 1.807) is 6.33 Å². The number of aromatic nitrogens is 2. The van der Waals surface area contributed by atoms with E-state index in [2.05, 4.69) is 45.0 Å². The van der Waals surface area contributed by atoms with Crippen LogP contribution in [0.1, 0.15) is 5.56 Å². The van der Waals surface area contributed by atoms with Crippen LogP contribution in [0.5, 0.6) is 0 Å². The highest BCUT2D eigenvalue weighted by Crippen LogP contribution is 2.22. The summed E-state index contributed by atoms with van der Waals surface area (Å²) in [5, 5.41) is 0. The van der Waals surface area contributed by atoms with E-state index in [0.29, 0.717) is 0 Å². The number of rotatable bonds is 1. The number of aryl methyl sites for hydroxylation is 1. The number of aromatic amines is 1. The molecule has 0 bridgehead atoms. The molecule has 1 aromatic carbocycles. The third-order valence-corrected chi connectivity index (χ3v) is 2.86. The fraction of sp³-hybridized carbons (Fsp3) is 0.100. The van der Waals surface area contributed by atoms with Gasteiger partial charge in [-0.05, 0) is 30.2 Å². The molecule has 2 aromatic rings. The second kappa shape index (κ2) is 3.34. The maximum Gasteiger partial charge on any atom is 0.0924 e. The summed E-state index contributed by atoms with van der Waals surface area (Å²) in [7, 11) is 0. The number of hydrogen-bond acceptors (Lipinski definition) is 1. The second-order valence-corrected chi connectivity index (χ2v) is 3.78. The molecule has 0 atom stereocenters. The third-order valence-electron chi connectivity index (χ3n) is 1.97. The molecule has 2 rings (SSSR count). The van der Waals surface area contributed by atoms with Gasteiger partial charge in [0.15, 0.2) is 0 Å². The first-order chi connectivity index (χ1) is 6.27. The summed E-state index contributed by atoms with van der Waals surface area (Å²) in [4.78, 5) is 7.06. The van der Waals surface area contributed by atoms with Gasteiger partial charge in [0.05, 0.1) is 18.2 Å². The molecule has 0 radical (unpaired) electrons. The maximum atomic E-state index is 3.98. The molecule has 0 fully saturated rings. The van der Waals surface area contributed by atoms with Crippen molar-refractivity contribution in [3.8, 4) is 11.3 Å². The number of halogens is 1. The number of imidazole rings is 1. The number of nitrogens with one attached hydrogen (secondary N) is 1. The maximum absolute atomic E-state index is 3.98. The Hall–Kier alpha value is -1.09. The van der Waals surface area contributed by atoms with Gasteiger partial charge in [-0.2, -0.15) is 0 Å². The Morgan fingerprint density at radius 1 is 1.38 bits per heavy atom. The van der Waals surface area contributed by atoms with Crippen LogP contribution in [0.3, 0.4) is 0 Å². The van der Waals surface area contributed by atoms with Crippen LogP contribution in [0.25, 0.3) is 11.3 Å². The van der Waals surface area contributed by atoms with Crippen LogP contribution >= 0.6 is 15.9 Å². The van der Waals surface area contributed by atoms with Gasteiger partial charge in [0.1, 0.15) is 0 Å². The summed E-state index contributed by atoms with van der Waals surface area (Å²) in [6, 6.07) is 6.23. The largest absolute Gasteiger partial charge is 0.345 e. The topological polar surface area (TPSA) is 28.7 Å². The first kappa shape index (κ1) is 8.51. The molecule has 3 heteroatoms. The summed E-state index contributed by atoms with van der Waals surface area (Å²) in [5.41, 5.74) is 3.45. The molecule has 66 valence electrons. The van der Waals surface area contributed by atoms with Crippen molar-refractivity contribution in [1.29, 1.82) is 0 Å². The minimum Gasteiger partial charge on any atom is -0.345 e. The molecule has 0 aliphatic carbocycles. The van der Waals surface area contributed by atoms with Crippen molar-refractivity contribution in [2.75, 3.05) is 0 Å². The van der Waals surface area contributed by atoms with Gasteiger partial charge in [0.2, 0.25) is 0 Å². The van der Waals surface area contributed by atoms with Gasteiger partial charge in [-0.1, -0.05) is 22.0 Å². The van der Waals surface area contributed by atoms with E-state index in [4.69, 9.17) is 0 Å². The van der Waals surface area contributed by atoms with E-state index in [-0.39, 0.29) is 0 Å². The Labute approximate surface area is 85.1 Å². The fourth-order valence-electron chi connectivity index (χ4n) is 1.23. The first-order valence-electron chi connectivity index (χ1n) is 4.02. The molecule has 0 saturated carbocycles. The normalized spacial score (nSPS) is 10.3. The molecule has 1 N–H and O–H groups in total. The van der Waals surface area contributed by atoms with Gasteiger partial charge in [0.25, 0.3) is 0 Å². The van der Waals surface area contributed by atoms with E-state index in [9.17, 15) is 0 Å². The van der Waals surface area contributed by atoms with Gasteiger partial charge in [-0.15, -0.1) is 0 Å². The van der Waals surface area contributed by atoms with Crippen LogP contribution in [-0.4, -0.2) is 9.97 Å². The number of nitrogens with zero attached hydrogens (tertiary/aromatic N) is 1. The average molecular weight is 237 g/mol. The van der Waals surface area contributed by atoms with Gasteiger partial charge < -0.3 is 4.98 Å². The quantitative estimate of drug-likeness (QED) is 0.810. The lowest BCUT2D eigenvalue weighted by atomic mass is 10.1. The molecule has 0 aliphatic heterocycles. The van der Waals surface area contributed by atoms with E-state index >= 15 is 0 Å². The molecule has 13 heavy (non-hydrogen) atoms. The molecule has 0 spiro atoms. The lowest BCUT2D eigenvalue weighted by Crippen LogP contribution is -1.80. The summed E-state index contributed by atoms with van der Waals surface area (Å²) < 4.78 is 1.13. The Kier molecular flexibility index (Phi) is 2.19. The molecule has 1 aromatic heterocycles. The van der Waals surface area contributed by atoms with Crippen molar-refractivity contribution >= 4 is 15.9 Å². The molecular formula is C10H9BrN2. The summed E-state index contributed by atoms with van der Waals surface area (Å²) in [6.07, 6.45) is 3.51. The highest BCUT2D eigenvalue weighted by atomic mass is 79.9. The zero-order valence-electron chi connectivity index (χ0n) is 7.21. The Morgan fingerprint density at radius 2 is 2.23 bits per heavy atom. The lowest BCUT2D eigenvalue weighted by molar-refractivity contribution is 1.31. The second-order valence-electron chi connectivity index (χ2n) is 2.93. The lowest BCUT2D eigenvalue weighted by Gasteiger charge is -2.01. The smallest absolute Gasteiger partial charge is 0.0924 e. The van der Waals surface area contributed by atoms with Crippen molar-refractivity contribution in [2.24, 2.45) is 0 Å². The number of benzene rings is 1. The molecule has 0 unspecified atom stereocenters. The van der Waals surface area contributed by atoms with Crippen molar-refractivity contribution in [3.05, 3.63) is 40.8 Å². The SMILES string of the molecule is Cc1cc(-c2cnc[nH]2)ccc1Br. The summed E-state index contributed by atoms with van der Waals surface area (Å²) >= 11 is 3.47. The first-order valence-corrected chi connectivity index (χ1v) is 4.81. The standard InChI is InChI=1S/C10H9BrN2/c1-7-4-8(2-3-9(7)11)10-5-12-6-13-10/h2-6H,1H3,(H,12,13). The van der Waals surface area contributed by atoms with Gasteiger partial charge >= 0.3 is 0 Å². The Balaban J connectivity index is 2.49. The predicted octanol–water partition coefficient (Wildman–Crippen LogP) is 3.15. The van der Waals surface area contributed by atoms with Crippen LogP contribution < -0.4 is 0 Å². The molecule has 0 amide bonds. The van der Waals surface area contributed by atoms with E-state index < -0.39 is 0 Å². The molecule has 0 aliphatic rings. The molecule has 2 nitrogen and oxygen atoms in total. The highest BCUT2D eigenvalue weighted by Gasteiger charge is 2.00. The highest BCUT2D eigenvalue weighted by molar-refractivity contribution is 9.10. The zero-order chi connectivity index (χ0) is 9.26. The molecule has 1 heterocycles. The summed E-state index contributed by atoms with van der Waals surface area (Å²) in [5.74, 6) is 0. The van der Waals surface area contributed by atoms with Gasteiger partial charge in [0, 0.05) is 4.47 Å². The van der Waals surface area contributed by atoms with Crippen LogP contribution in [0.2, 0.25) is 0 Å². The van der Waals surface area contributed by atoms with Crippen molar-refractivity contribution in [1.82, 2.24) is 9.97 Å². The van der Waals surface area contributed by atoms with Gasteiger partial charge in [-0.3, -0.25) is 0 Å². The third kappa shape index (κ3) is 1.65. The number of H-pyrrole nitrogens is 1. The number of hydrogen-bond donors (Lipinski definition) is 1. The fourth-order valence-corrected chi connectivity index (χ4v) is 1.47. The van der Waals surface area contributed by atoms with Crippen LogP contribution in [0.15, 0.2) is 35.2 Å². The Bertz CT molecular complexity index is 407. The van der Waals surface area contributed by atoms with Crippen LogP contribution in [0, 0.1) is 6.92 Å². The van der Waals surface area contributed by atoms with Crippen LogP contribution in [0.4, 0.5) is 0 Å². The van der Waals surface area contributed by atoms with E-state index in [1.165, 1.54) is 11.1 Å². The van der Waals surface area contributed by atoms with Crippen molar-refractivity contribution in [3.63, 3.8) is 0 Å². The minimum atomic E-state index is 1.05. The van der Waals surface area contributed by atoms with Gasteiger partial charge in [-0.25, -0.2) is 4.98 Å². The zero-order valence-corrected chi connectivity index (χ0v) is 8.80. The molecule has 0 saturated heterocycles. The van der Waals surface area contributed by atoms with E-state index in [0.717, 1.165) is 10.2 Å². The average Bonchev–Trinajstić information content (AvgIpc) is 2.62. The monoisotopic (exact) mass is 236 g/mol. The van der Waals surface area contributed by atoms with Crippen molar-refractivity contribution in [2.45, 2.75) is 6.92 Å². The van der Waals surface area contributed by atoms with Crippen LogP contribution in [-0.2, 0) is 0 Å². The van der Waals surface area contributed by atoms with Crippen molar-refractivity contribution < 1.29 is 0 Å². The predicted molar refractivity (Wildman–Crippen MR) is 56.5 cm³/mol. The Morgan fingerprint density at radius 3 is 2.85 bits per heavy atom.